The van der Waals surface area contributed by atoms with Crippen LogP contribution in [-0.2, 0) is 0 Å². The molecule has 1 aromatic rings. The molecule has 4 atom stereocenters. The molecule has 5 heterocycles. The van der Waals surface area contributed by atoms with E-state index in [9.17, 15) is 5.11 Å². The molecule has 164 valence electrons. The third-order valence-corrected chi connectivity index (χ3v) is 7.03. The molecule has 5 rings (SSSR count). The van der Waals surface area contributed by atoms with E-state index in [0.717, 1.165) is 52.1 Å². The first-order valence-corrected chi connectivity index (χ1v) is 11.1. The van der Waals surface area contributed by atoms with Crippen LogP contribution in [0.25, 0.3) is 0 Å². The molecule has 0 bridgehead atoms. The van der Waals surface area contributed by atoms with Gasteiger partial charge in [0.25, 0.3) is 0 Å². The molecule has 0 spiro atoms. The zero-order valence-electron chi connectivity index (χ0n) is 17.5. The molecule has 4 fully saturated rings. The number of nitrogens with zero attached hydrogens (tertiary/aromatic N) is 6. The van der Waals surface area contributed by atoms with Crippen LogP contribution < -0.4 is 10.2 Å². The van der Waals surface area contributed by atoms with Crippen LogP contribution in [0, 0.1) is 11.3 Å². The van der Waals surface area contributed by atoms with E-state index in [0.29, 0.717) is 42.3 Å². The highest BCUT2D eigenvalue weighted by molar-refractivity contribution is 5.50. The molecule has 0 unspecified atom stereocenters. The Morgan fingerprint density at radius 1 is 0.967 bits per heavy atom. The second kappa shape index (κ2) is 9.98. The molecule has 4 aliphatic rings. The smallest absolute Gasteiger partial charge is 0.183 e. The molecule has 9 nitrogen and oxygen atoms in total. The van der Waals surface area contributed by atoms with Crippen molar-refractivity contribution in [3.63, 3.8) is 0 Å². The minimum atomic E-state index is 0.241. The Kier molecular flexibility index (Phi) is 7.12. The summed E-state index contributed by atoms with van der Waals surface area (Å²) >= 11 is 0. The van der Waals surface area contributed by atoms with E-state index >= 15 is 0 Å². The summed E-state index contributed by atoms with van der Waals surface area (Å²) in [6.45, 7) is 6.53. The molecule has 0 saturated carbocycles. The summed E-state index contributed by atoms with van der Waals surface area (Å²) in [5.41, 5.74) is 0.396. The second-order valence-corrected chi connectivity index (χ2v) is 8.60. The van der Waals surface area contributed by atoms with Crippen molar-refractivity contribution in [2.75, 3.05) is 57.4 Å². The van der Waals surface area contributed by atoms with Crippen LogP contribution in [0.2, 0.25) is 0 Å². The fraction of sp³-hybridized carbons (Fsp3) is 0.762. The van der Waals surface area contributed by atoms with Crippen LogP contribution in [0.5, 0.6) is 0 Å². The average molecular weight is 416 g/mol. The van der Waals surface area contributed by atoms with Gasteiger partial charge in [-0.3, -0.25) is 9.80 Å². The van der Waals surface area contributed by atoms with Crippen LogP contribution in [0.3, 0.4) is 0 Å². The van der Waals surface area contributed by atoms with E-state index in [1.807, 2.05) is 0 Å². The molecule has 0 radical (unpaired) electrons. The molecular formula is C21H33N7O2. The number of nitrogens with one attached hydrogen (secondary N) is 1. The molecule has 4 saturated heterocycles. The lowest BCUT2D eigenvalue weighted by Gasteiger charge is -2.40. The Morgan fingerprint density at radius 3 is 2.40 bits per heavy atom. The number of aliphatic hydroxyl groups excluding tert-OH is 2. The number of anilines is 1. The van der Waals surface area contributed by atoms with Crippen molar-refractivity contribution in [3.8, 4) is 6.07 Å². The number of rotatable bonds is 3. The fourth-order valence-corrected chi connectivity index (χ4v) is 5.46. The lowest BCUT2D eigenvalue weighted by molar-refractivity contribution is 0.112. The van der Waals surface area contributed by atoms with Gasteiger partial charge in [-0.05, 0) is 25.7 Å². The van der Waals surface area contributed by atoms with Crippen molar-refractivity contribution < 1.29 is 10.2 Å². The van der Waals surface area contributed by atoms with Crippen LogP contribution in [0.15, 0.2) is 12.4 Å². The number of aromatic nitrogens is 2. The SMILES string of the molecule is N#Cc1nccnc1N1CCN2[C@@H](CO)CC[C@H]2C1.OC[C@H]1CC[C@H]2CNCCN12. The molecule has 0 amide bonds. The van der Waals surface area contributed by atoms with E-state index in [1.54, 1.807) is 12.4 Å². The maximum absolute atomic E-state index is 9.35. The van der Waals surface area contributed by atoms with Crippen LogP contribution in [-0.4, -0.2) is 107 Å². The summed E-state index contributed by atoms with van der Waals surface area (Å²) < 4.78 is 0. The van der Waals surface area contributed by atoms with Gasteiger partial charge in [-0.15, -0.1) is 0 Å². The number of piperazine rings is 2. The third-order valence-electron chi connectivity index (χ3n) is 7.03. The fourth-order valence-electron chi connectivity index (χ4n) is 5.46. The molecule has 1 aromatic heterocycles. The van der Waals surface area contributed by atoms with Gasteiger partial charge in [0.15, 0.2) is 11.5 Å². The zero-order chi connectivity index (χ0) is 20.9. The summed E-state index contributed by atoms with van der Waals surface area (Å²) in [5, 5.41) is 30.9. The first kappa shape index (κ1) is 21.4. The van der Waals surface area contributed by atoms with Crippen LogP contribution in [0.1, 0.15) is 31.4 Å². The van der Waals surface area contributed by atoms with Crippen LogP contribution in [0.4, 0.5) is 5.82 Å². The van der Waals surface area contributed by atoms with E-state index in [4.69, 9.17) is 10.4 Å². The van der Waals surface area contributed by atoms with Crippen molar-refractivity contribution >= 4 is 5.82 Å². The van der Waals surface area contributed by atoms with E-state index in [-0.39, 0.29) is 6.61 Å². The quantitative estimate of drug-likeness (QED) is 0.596. The van der Waals surface area contributed by atoms with E-state index in [2.05, 4.69) is 36.1 Å². The minimum Gasteiger partial charge on any atom is -0.395 e. The molecule has 3 N–H and O–H groups in total. The van der Waals surface area contributed by atoms with Gasteiger partial charge in [0.1, 0.15) is 6.07 Å². The van der Waals surface area contributed by atoms with Gasteiger partial charge >= 0.3 is 0 Å². The van der Waals surface area contributed by atoms with E-state index in [1.165, 1.54) is 12.8 Å². The van der Waals surface area contributed by atoms with Crippen LogP contribution >= 0.6 is 0 Å². The number of hydrogen-bond donors (Lipinski definition) is 3. The Balaban J connectivity index is 0.000000168. The largest absolute Gasteiger partial charge is 0.395 e. The Hall–Kier alpha value is -1.83. The van der Waals surface area contributed by atoms with Gasteiger partial charge in [-0.1, -0.05) is 0 Å². The lowest BCUT2D eigenvalue weighted by atomic mass is 10.1. The molecule has 4 aliphatic heterocycles. The van der Waals surface area contributed by atoms with Gasteiger partial charge in [-0.2, -0.15) is 5.26 Å². The molecule has 9 heteroatoms. The van der Waals surface area contributed by atoms with E-state index < -0.39 is 0 Å². The summed E-state index contributed by atoms with van der Waals surface area (Å²) in [5.74, 6) is 0.692. The average Bonchev–Trinajstić information content (AvgIpc) is 3.42. The Labute approximate surface area is 178 Å². The summed E-state index contributed by atoms with van der Waals surface area (Å²) in [6, 6.07) is 4.04. The monoisotopic (exact) mass is 415 g/mol. The zero-order valence-corrected chi connectivity index (χ0v) is 17.5. The highest BCUT2D eigenvalue weighted by atomic mass is 16.3. The first-order valence-electron chi connectivity index (χ1n) is 11.1. The number of fused-ring (bicyclic) bond motifs is 2. The highest BCUT2D eigenvalue weighted by Gasteiger charge is 2.37. The molecule has 0 aliphatic carbocycles. The number of nitriles is 1. The van der Waals surface area contributed by atoms with Crippen molar-refractivity contribution in [3.05, 3.63) is 18.1 Å². The predicted molar refractivity (Wildman–Crippen MR) is 113 cm³/mol. The van der Waals surface area contributed by atoms with Gasteiger partial charge < -0.3 is 20.4 Å². The topological polar surface area (TPSA) is 112 Å². The summed E-state index contributed by atoms with van der Waals surface area (Å²) in [6.07, 6.45) is 7.79. The van der Waals surface area contributed by atoms with Crippen molar-refractivity contribution in [1.29, 1.82) is 5.26 Å². The highest BCUT2D eigenvalue weighted by Crippen LogP contribution is 2.29. The third kappa shape index (κ3) is 4.43. The minimum absolute atomic E-state index is 0.241. The van der Waals surface area contributed by atoms with Crippen molar-refractivity contribution in [1.82, 2.24) is 25.1 Å². The number of hydrogen-bond acceptors (Lipinski definition) is 9. The standard InChI is InChI=1S/C13H17N5O.C8H16N2O/c14-7-12-13(16-4-3-15-12)17-5-6-18-10(8-17)1-2-11(18)9-19;11-6-8-2-1-7-5-9-3-4-10(7)8/h3-4,10-11,19H,1-2,5-6,8-9H2;7-9,11H,1-6H2/t10-,11+;7-,8+/m00/s1. The Morgan fingerprint density at radius 2 is 1.67 bits per heavy atom. The molecule has 30 heavy (non-hydrogen) atoms. The first-order chi connectivity index (χ1) is 14.7. The Bertz CT molecular complexity index is 736. The van der Waals surface area contributed by atoms with Gasteiger partial charge in [0.2, 0.25) is 0 Å². The maximum atomic E-state index is 9.35. The summed E-state index contributed by atoms with van der Waals surface area (Å²) in [4.78, 5) is 15.4. The van der Waals surface area contributed by atoms with Crippen molar-refractivity contribution in [2.45, 2.75) is 49.9 Å². The van der Waals surface area contributed by atoms with Gasteiger partial charge in [0.05, 0.1) is 13.2 Å². The maximum Gasteiger partial charge on any atom is 0.183 e. The predicted octanol–water partition coefficient (Wildman–Crippen LogP) is -0.592. The molecular weight excluding hydrogens is 382 g/mol. The van der Waals surface area contributed by atoms with Crippen molar-refractivity contribution in [2.24, 2.45) is 0 Å². The normalized spacial score (nSPS) is 31.4. The summed E-state index contributed by atoms with van der Waals surface area (Å²) in [7, 11) is 0. The van der Waals surface area contributed by atoms with Gasteiger partial charge in [-0.25, -0.2) is 9.97 Å². The van der Waals surface area contributed by atoms with Gasteiger partial charge in [0, 0.05) is 75.8 Å². The second-order valence-electron chi connectivity index (χ2n) is 8.60. The lowest BCUT2D eigenvalue weighted by Crippen LogP contribution is -2.53. The number of aliphatic hydroxyl groups is 2. The molecule has 0 aromatic carbocycles.